The first-order valence-electron chi connectivity index (χ1n) is 9.70. The zero-order chi connectivity index (χ0) is 21.8. The van der Waals surface area contributed by atoms with Crippen molar-refractivity contribution in [3.63, 3.8) is 0 Å². The van der Waals surface area contributed by atoms with E-state index >= 15 is 0 Å². The van der Waals surface area contributed by atoms with Crippen LogP contribution in [0.5, 0.6) is 5.75 Å². The Morgan fingerprint density at radius 3 is 2.23 bits per heavy atom. The van der Waals surface area contributed by atoms with Crippen LogP contribution in [-0.2, 0) is 9.59 Å². The molecule has 0 aliphatic carbocycles. The Balaban J connectivity index is 2.11. The molecule has 0 unspecified atom stereocenters. The fraction of sp³-hybridized carbons (Fsp3) is 0.304. The first kappa shape index (κ1) is 21.4. The van der Waals surface area contributed by atoms with Crippen LogP contribution in [-0.4, -0.2) is 61.2 Å². The maximum absolute atomic E-state index is 12.9. The maximum atomic E-state index is 12.9. The van der Waals surface area contributed by atoms with E-state index in [1.54, 1.807) is 31.4 Å². The van der Waals surface area contributed by atoms with E-state index < -0.39 is 17.7 Å². The van der Waals surface area contributed by atoms with Crippen LogP contribution in [0, 0.1) is 0 Å². The van der Waals surface area contributed by atoms with Crippen LogP contribution < -0.4 is 9.64 Å². The maximum Gasteiger partial charge on any atom is 0.295 e. The molecule has 158 valence electrons. The Morgan fingerprint density at radius 1 is 1.07 bits per heavy atom. The van der Waals surface area contributed by atoms with Gasteiger partial charge >= 0.3 is 0 Å². The second kappa shape index (κ2) is 9.00. The van der Waals surface area contributed by atoms with Crippen molar-refractivity contribution in [3.8, 4) is 5.75 Å². The molecule has 7 heteroatoms. The van der Waals surface area contributed by atoms with Crippen LogP contribution in [0.3, 0.4) is 0 Å². The predicted molar refractivity (Wildman–Crippen MR) is 114 cm³/mol. The Morgan fingerprint density at radius 2 is 1.70 bits per heavy atom. The van der Waals surface area contributed by atoms with Gasteiger partial charge in [0.25, 0.3) is 11.7 Å². The van der Waals surface area contributed by atoms with E-state index in [0.29, 0.717) is 23.3 Å². The van der Waals surface area contributed by atoms with Gasteiger partial charge < -0.3 is 24.7 Å². The van der Waals surface area contributed by atoms with Crippen LogP contribution in [0.4, 0.5) is 5.69 Å². The SMILES string of the molecule is COc1ccc(/C(O)=C2\C(=O)C(=O)N(CCCO)[C@H]2c2ccc(N(C)C)cc2)cc1. The van der Waals surface area contributed by atoms with Crippen molar-refractivity contribution in [1.29, 1.82) is 0 Å². The number of likely N-dealkylation sites (tertiary alicyclic amines) is 1. The lowest BCUT2D eigenvalue weighted by Crippen LogP contribution is -2.31. The Bertz CT molecular complexity index is 949. The highest BCUT2D eigenvalue weighted by Crippen LogP contribution is 2.40. The third-order valence-electron chi connectivity index (χ3n) is 5.19. The standard InChI is InChI=1S/C23H26N2O5/c1-24(2)17-9-5-15(6-10-17)20-19(22(28)23(29)25(20)13-4-14-26)21(27)16-7-11-18(30-3)12-8-16/h5-12,20,26-27H,4,13-14H2,1-3H3/b21-19+/t20-/m0/s1. The number of methoxy groups -OCH3 is 1. The van der Waals surface area contributed by atoms with Crippen molar-refractivity contribution in [2.75, 3.05) is 39.3 Å². The van der Waals surface area contributed by atoms with Gasteiger partial charge in [-0.15, -0.1) is 0 Å². The smallest absolute Gasteiger partial charge is 0.295 e. The lowest BCUT2D eigenvalue weighted by atomic mass is 9.95. The molecule has 1 amide bonds. The summed E-state index contributed by atoms with van der Waals surface area (Å²) in [6.45, 7) is 0.105. The van der Waals surface area contributed by atoms with Crippen molar-refractivity contribution in [2.45, 2.75) is 12.5 Å². The number of carbonyl (C=O) groups excluding carboxylic acids is 2. The van der Waals surface area contributed by atoms with Gasteiger partial charge in [-0.3, -0.25) is 9.59 Å². The molecule has 2 aromatic carbocycles. The molecule has 2 N–H and O–H groups in total. The number of aliphatic hydroxyl groups excluding tert-OH is 2. The van der Waals surface area contributed by atoms with Crippen LogP contribution in [0.2, 0.25) is 0 Å². The highest BCUT2D eigenvalue weighted by molar-refractivity contribution is 6.46. The van der Waals surface area contributed by atoms with E-state index in [4.69, 9.17) is 4.74 Å². The molecule has 1 atom stereocenters. The van der Waals surface area contributed by atoms with Crippen molar-refractivity contribution < 1.29 is 24.5 Å². The highest BCUT2D eigenvalue weighted by Gasteiger charge is 2.45. The van der Waals surface area contributed by atoms with Gasteiger partial charge in [-0.25, -0.2) is 0 Å². The van der Waals surface area contributed by atoms with Gasteiger partial charge in [-0.2, -0.15) is 0 Å². The molecular formula is C23H26N2O5. The van der Waals surface area contributed by atoms with Gasteiger partial charge in [-0.05, 0) is 48.4 Å². The number of amides is 1. The summed E-state index contributed by atoms with van der Waals surface area (Å²) < 4.78 is 5.14. The van der Waals surface area contributed by atoms with Crippen molar-refractivity contribution in [1.82, 2.24) is 4.90 Å². The van der Waals surface area contributed by atoms with E-state index in [1.807, 2.05) is 43.3 Å². The highest BCUT2D eigenvalue weighted by atomic mass is 16.5. The van der Waals surface area contributed by atoms with Gasteiger partial charge in [0.2, 0.25) is 0 Å². The molecule has 2 aromatic rings. The number of anilines is 1. The zero-order valence-electron chi connectivity index (χ0n) is 17.3. The fourth-order valence-corrected chi connectivity index (χ4v) is 3.56. The Kier molecular flexibility index (Phi) is 6.42. The van der Waals surface area contributed by atoms with E-state index in [1.165, 1.54) is 4.90 Å². The lowest BCUT2D eigenvalue weighted by Gasteiger charge is -2.25. The number of ether oxygens (including phenoxy) is 1. The zero-order valence-corrected chi connectivity index (χ0v) is 17.3. The molecule has 0 spiro atoms. The summed E-state index contributed by atoms with van der Waals surface area (Å²) in [5.41, 5.74) is 2.15. The van der Waals surface area contributed by atoms with E-state index in [2.05, 4.69) is 0 Å². The molecule has 1 saturated heterocycles. The van der Waals surface area contributed by atoms with Crippen LogP contribution in [0.15, 0.2) is 54.1 Å². The Labute approximate surface area is 175 Å². The molecule has 0 aromatic heterocycles. The first-order valence-corrected chi connectivity index (χ1v) is 9.70. The van der Waals surface area contributed by atoms with Gasteiger partial charge in [0.05, 0.1) is 18.7 Å². The number of ketones is 1. The molecule has 3 rings (SSSR count). The molecule has 0 bridgehead atoms. The first-order chi connectivity index (χ1) is 14.4. The van der Waals surface area contributed by atoms with Gasteiger partial charge in [0.1, 0.15) is 11.5 Å². The topological polar surface area (TPSA) is 90.3 Å². The summed E-state index contributed by atoms with van der Waals surface area (Å²) in [5.74, 6) is -1.03. The number of benzene rings is 2. The lowest BCUT2D eigenvalue weighted by molar-refractivity contribution is -0.140. The number of hydrogen-bond acceptors (Lipinski definition) is 6. The van der Waals surface area contributed by atoms with E-state index in [-0.39, 0.29) is 24.5 Å². The second-order valence-electron chi connectivity index (χ2n) is 7.28. The van der Waals surface area contributed by atoms with Crippen molar-refractivity contribution in [2.24, 2.45) is 0 Å². The fourth-order valence-electron chi connectivity index (χ4n) is 3.56. The third-order valence-corrected chi connectivity index (χ3v) is 5.19. The molecule has 1 fully saturated rings. The average Bonchev–Trinajstić information content (AvgIpc) is 3.02. The summed E-state index contributed by atoms with van der Waals surface area (Å²) in [6.07, 6.45) is 0.335. The van der Waals surface area contributed by atoms with Gasteiger partial charge in [0.15, 0.2) is 0 Å². The van der Waals surface area contributed by atoms with E-state index in [9.17, 15) is 19.8 Å². The molecular weight excluding hydrogens is 384 g/mol. The summed E-state index contributed by atoms with van der Waals surface area (Å²) in [5, 5.41) is 20.2. The quantitative estimate of drug-likeness (QED) is 0.414. The molecule has 30 heavy (non-hydrogen) atoms. The average molecular weight is 410 g/mol. The van der Waals surface area contributed by atoms with Gasteiger partial charge in [-0.1, -0.05) is 12.1 Å². The second-order valence-corrected chi connectivity index (χ2v) is 7.28. The number of hydrogen-bond donors (Lipinski definition) is 2. The molecule has 0 saturated carbocycles. The van der Waals surface area contributed by atoms with Crippen LogP contribution in [0.1, 0.15) is 23.6 Å². The third kappa shape index (κ3) is 4.02. The van der Waals surface area contributed by atoms with Crippen LogP contribution in [0.25, 0.3) is 5.76 Å². The van der Waals surface area contributed by atoms with Crippen molar-refractivity contribution >= 4 is 23.1 Å². The summed E-state index contributed by atoms with van der Waals surface area (Å²) in [4.78, 5) is 29.0. The summed E-state index contributed by atoms with van der Waals surface area (Å²) in [6, 6.07) is 13.4. The normalized spacial score (nSPS) is 18.0. The molecule has 1 heterocycles. The minimum absolute atomic E-state index is 0.0423. The summed E-state index contributed by atoms with van der Waals surface area (Å²) >= 11 is 0. The number of aliphatic hydroxyl groups is 2. The Hall–Kier alpha value is -3.32. The molecule has 7 nitrogen and oxygen atoms in total. The molecule has 0 radical (unpaired) electrons. The van der Waals surface area contributed by atoms with Crippen LogP contribution >= 0.6 is 0 Å². The number of rotatable bonds is 7. The van der Waals surface area contributed by atoms with Gasteiger partial charge in [0, 0.05) is 38.5 Å². The number of carbonyl (C=O) groups is 2. The minimum atomic E-state index is -0.733. The van der Waals surface area contributed by atoms with E-state index in [0.717, 1.165) is 5.69 Å². The van der Waals surface area contributed by atoms with Crippen molar-refractivity contribution in [3.05, 3.63) is 65.2 Å². The monoisotopic (exact) mass is 410 g/mol. The molecule has 1 aliphatic rings. The minimum Gasteiger partial charge on any atom is -0.507 e. The predicted octanol–water partition coefficient (Wildman–Crippen LogP) is 2.57. The number of Topliss-reactive ketones (excluding diaryl/α,β-unsaturated/α-hetero) is 1. The largest absolute Gasteiger partial charge is 0.507 e. The molecule has 1 aliphatic heterocycles. The summed E-state index contributed by atoms with van der Waals surface area (Å²) in [7, 11) is 5.39. The number of nitrogens with zero attached hydrogens (tertiary/aromatic N) is 2.